The van der Waals surface area contributed by atoms with Gasteiger partial charge in [-0.15, -0.1) is 0 Å². The first kappa shape index (κ1) is 39.2. The van der Waals surface area contributed by atoms with E-state index in [4.69, 9.17) is 23.4 Å². The first-order chi connectivity index (χ1) is 27.0. The van der Waals surface area contributed by atoms with Crippen LogP contribution in [0.2, 0.25) is 5.04 Å². The molecule has 0 aromatic heterocycles. The zero-order chi connectivity index (χ0) is 39.3. The van der Waals surface area contributed by atoms with Gasteiger partial charge in [-0.1, -0.05) is 160 Å². The van der Waals surface area contributed by atoms with Crippen LogP contribution in [0, 0.1) is 0 Å². The lowest BCUT2D eigenvalue weighted by molar-refractivity contribution is -0.245. The molecule has 1 N–H and O–H groups in total. The Hall–Kier alpha value is -5.06. The predicted octanol–water partition coefficient (Wildman–Crippen LogP) is 8.29. The van der Waals surface area contributed by atoms with E-state index in [1.807, 2.05) is 73.7 Å². The minimum atomic E-state index is -2.90. The largest absolute Gasteiger partial charge is 0.460 e. The average molecular weight is 770 g/mol. The van der Waals surface area contributed by atoms with Crippen molar-refractivity contribution in [1.29, 1.82) is 0 Å². The van der Waals surface area contributed by atoms with Gasteiger partial charge in [0.25, 0.3) is 8.32 Å². The van der Waals surface area contributed by atoms with E-state index in [9.17, 15) is 9.59 Å². The van der Waals surface area contributed by atoms with Crippen molar-refractivity contribution in [3.63, 3.8) is 0 Å². The summed E-state index contributed by atoms with van der Waals surface area (Å²) < 4.78 is 32.3. The third-order valence-corrected chi connectivity index (χ3v) is 16.0. The lowest BCUT2D eigenvalue weighted by Crippen LogP contribution is -2.67. The highest BCUT2D eigenvalue weighted by atomic mass is 28.4. The normalized spacial score (nSPS) is 20.0. The summed E-state index contributed by atoms with van der Waals surface area (Å²) in [6.07, 6.45) is -2.99. The van der Waals surface area contributed by atoms with Crippen LogP contribution in [0.1, 0.15) is 69.8 Å². The van der Waals surface area contributed by atoms with E-state index in [0.717, 1.165) is 27.8 Å². The Morgan fingerprint density at radius 1 is 0.768 bits per heavy atom. The van der Waals surface area contributed by atoms with Gasteiger partial charge in [-0.25, -0.2) is 4.79 Å². The van der Waals surface area contributed by atoms with Gasteiger partial charge in [0.05, 0.1) is 18.8 Å². The van der Waals surface area contributed by atoms with E-state index in [0.29, 0.717) is 0 Å². The molecule has 9 heteroatoms. The lowest BCUT2D eigenvalue weighted by atomic mass is 9.98. The molecule has 0 unspecified atom stereocenters. The Kier molecular flexibility index (Phi) is 11.9. The van der Waals surface area contributed by atoms with Crippen LogP contribution in [0.5, 0.6) is 0 Å². The van der Waals surface area contributed by atoms with E-state index in [2.05, 4.69) is 98.9 Å². The SMILES string of the molecule is CC(=O)O[C@H]1C[C@H](O[C@@H](CO[Si](c2ccccc2)(c2ccccc2)C(C)(C)C)c2ccccc2)O[C@@H](C)[C@H]1NC(=O)OCC1c2ccccc2-c2ccccc21. The van der Waals surface area contributed by atoms with E-state index in [-0.39, 0.29) is 30.6 Å². The van der Waals surface area contributed by atoms with Gasteiger partial charge in [-0.05, 0) is 50.2 Å². The summed E-state index contributed by atoms with van der Waals surface area (Å²) >= 11 is 0. The first-order valence-electron chi connectivity index (χ1n) is 19.4. The summed E-state index contributed by atoms with van der Waals surface area (Å²) in [7, 11) is -2.90. The standard InChI is InChI=1S/C47H51NO7Si/c1-32-45(48-46(50)51-30-41-39-27-17-15-25-37(39)38-26-16-18-28-40(38)41)42(54-33(2)49)29-44(53-32)55-43(34-19-9-6-10-20-34)31-52-56(47(3,4)5,35-21-11-7-12-22-35)36-23-13-8-14-24-36/h6-28,32,41-45H,29-31H2,1-5H3,(H,48,50)/t32-,42-,43-,44-,45+/m0/s1. The van der Waals surface area contributed by atoms with Gasteiger partial charge in [-0.2, -0.15) is 0 Å². The molecule has 1 aliphatic heterocycles. The Labute approximate surface area is 331 Å². The molecule has 5 aromatic rings. The fraction of sp³-hybridized carbons (Fsp3) is 0.319. The molecular weight excluding hydrogens is 719 g/mol. The van der Waals surface area contributed by atoms with Gasteiger partial charge in [0.1, 0.15) is 18.8 Å². The van der Waals surface area contributed by atoms with Crippen LogP contribution in [0.25, 0.3) is 11.1 Å². The van der Waals surface area contributed by atoms with Crippen LogP contribution in [0.4, 0.5) is 4.79 Å². The highest BCUT2D eigenvalue weighted by Crippen LogP contribution is 2.44. The number of nitrogens with one attached hydrogen (secondary N) is 1. The maximum atomic E-state index is 13.4. The zero-order valence-electron chi connectivity index (χ0n) is 32.7. The summed E-state index contributed by atoms with van der Waals surface area (Å²) in [4.78, 5) is 25.9. The second-order valence-electron chi connectivity index (χ2n) is 15.7. The van der Waals surface area contributed by atoms with Crippen LogP contribution in [0.3, 0.4) is 0 Å². The number of fused-ring (bicyclic) bond motifs is 3. The molecule has 0 bridgehead atoms. The Balaban J connectivity index is 1.08. The molecule has 56 heavy (non-hydrogen) atoms. The monoisotopic (exact) mass is 769 g/mol. The second kappa shape index (κ2) is 17.0. The molecule has 0 radical (unpaired) electrons. The summed E-state index contributed by atoms with van der Waals surface area (Å²) in [5, 5.41) is 5.07. The van der Waals surface area contributed by atoms with Crippen molar-refractivity contribution in [2.75, 3.05) is 13.2 Å². The maximum absolute atomic E-state index is 13.4. The number of rotatable bonds is 12. The lowest BCUT2D eigenvalue weighted by Gasteiger charge is -2.44. The second-order valence-corrected chi connectivity index (χ2v) is 20.0. The van der Waals surface area contributed by atoms with E-state index in [1.54, 1.807) is 0 Å². The number of amides is 1. The number of alkyl carbamates (subject to hydrolysis) is 1. The number of hydrogen-bond donors (Lipinski definition) is 1. The molecule has 8 nitrogen and oxygen atoms in total. The van der Waals surface area contributed by atoms with Crippen molar-refractivity contribution in [2.45, 2.75) is 82.6 Å². The van der Waals surface area contributed by atoms with Crippen molar-refractivity contribution in [3.05, 3.63) is 156 Å². The van der Waals surface area contributed by atoms with Gasteiger partial charge in [0.2, 0.25) is 0 Å². The van der Waals surface area contributed by atoms with Crippen molar-refractivity contribution in [1.82, 2.24) is 5.32 Å². The topological polar surface area (TPSA) is 92.3 Å². The molecule has 5 aromatic carbocycles. The molecule has 0 saturated carbocycles. The minimum Gasteiger partial charge on any atom is -0.460 e. The van der Waals surface area contributed by atoms with E-state index in [1.165, 1.54) is 17.3 Å². The molecule has 1 fully saturated rings. The molecular formula is C47H51NO7Si. The first-order valence-corrected chi connectivity index (χ1v) is 21.4. The zero-order valence-corrected chi connectivity index (χ0v) is 33.7. The number of carbonyl (C=O) groups is 2. The Morgan fingerprint density at radius 3 is 1.82 bits per heavy atom. The molecule has 1 aliphatic carbocycles. The van der Waals surface area contributed by atoms with Crippen LogP contribution < -0.4 is 15.7 Å². The summed E-state index contributed by atoms with van der Waals surface area (Å²) in [6.45, 7) is 10.4. The molecule has 1 amide bonds. The third kappa shape index (κ3) is 8.22. The smallest absolute Gasteiger partial charge is 0.407 e. The molecule has 1 saturated heterocycles. The summed E-state index contributed by atoms with van der Waals surface area (Å²) in [5.74, 6) is -0.548. The molecule has 2 aliphatic rings. The number of carbonyl (C=O) groups excluding carboxylic acids is 2. The molecule has 290 valence electrons. The van der Waals surface area contributed by atoms with Crippen molar-refractivity contribution in [3.8, 4) is 11.1 Å². The highest BCUT2D eigenvalue weighted by molar-refractivity contribution is 6.99. The Morgan fingerprint density at radius 2 is 1.29 bits per heavy atom. The van der Waals surface area contributed by atoms with Crippen LogP contribution in [-0.4, -0.2) is 58.1 Å². The van der Waals surface area contributed by atoms with Gasteiger partial charge in [0, 0.05) is 19.3 Å². The highest BCUT2D eigenvalue weighted by Gasteiger charge is 2.51. The minimum absolute atomic E-state index is 0.0868. The fourth-order valence-electron chi connectivity index (χ4n) is 8.45. The third-order valence-electron chi connectivity index (χ3n) is 11.0. The number of ether oxygens (including phenoxy) is 4. The van der Waals surface area contributed by atoms with Crippen LogP contribution >= 0.6 is 0 Å². The number of hydrogen-bond acceptors (Lipinski definition) is 7. The molecule has 5 atom stereocenters. The Bertz CT molecular complexity index is 2000. The molecule has 7 rings (SSSR count). The summed E-state index contributed by atoms with van der Waals surface area (Å²) in [6, 6.07) is 46.7. The van der Waals surface area contributed by atoms with Gasteiger partial charge in [0.15, 0.2) is 6.29 Å². The maximum Gasteiger partial charge on any atom is 0.407 e. The molecule has 1 heterocycles. The quantitative estimate of drug-likeness (QED) is 0.101. The van der Waals surface area contributed by atoms with Crippen LogP contribution in [-0.2, 0) is 28.2 Å². The van der Waals surface area contributed by atoms with Gasteiger partial charge in [-0.3, -0.25) is 4.79 Å². The predicted molar refractivity (Wildman–Crippen MR) is 220 cm³/mol. The van der Waals surface area contributed by atoms with Crippen molar-refractivity contribution < 1.29 is 33.0 Å². The van der Waals surface area contributed by atoms with Crippen molar-refractivity contribution >= 4 is 30.8 Å². The van der Waals surface area contributed by atoms with E-state index >= 15 is 0 Å². The summed E-state index contributed by atoms with van der Waals surface area (Å²) in [5.41, 5.74) is 5.49. The average Bonchev–Trinajstić information content (AvgIpc) is 3.52. The van der Waals surface area contributed by atoms with Gasteiger partial charge >= 0.3 is 12.1 Å². The van der Waals surface area contributed by atoms with Crippen LogP contribution in [0.15, 0.2) is 140 Å². The van der Waals surface area contributed by atoms with Gasteiger partial charge < -0.3 is 28.7 Å². The molecule has 0 spiro atoms. The number of benzene rings is 5. The van der Waals surface area contributed by atoms with Crippen molar-refractivity contribution in [2.24, 2.45) is 0 Å². The van der Waals surface area contributed by atoms with E-state index < -0.39 is 51.0 Å². The number of esters is 1. The fourth-order valence-corrected chi connectivity index (χ4v) is 13.0.